The Kier molecular flexibility index (Phi) is 3.17. The third-order valence-electron chi connectivity index (χ3n) is 3.13. The van der Waals surface area contributed by atoms with Gasteiger partial charge in [0.15, 0.2) is 0 Å². The fraction of sp³-hybridized carbons (Fsp3) is 0.200. The van der Waals surface area contributed by atoms with Gasteiger partial charge < -0.3 is 9.73 Å². The third-order valence-corrected chi connectivity index (χ3v) is 4.18. The molecule has 1 N–H and O–H groups in total. The van der Waals surface area contributed by atoms with E-state index in [-0.39, 0.29) is 0 Å². The number of benzene rings is 1. The van der Waals surface area contributed by atoms with Crippen molar-refractivity contribution in [3.05, 3.63) is 58.5 Å². The van der Waals surface area contributed by atoms with E-state index in [1.165, 1.54) is 15.8 Å². The molecule has 0 radical (unpaired) electrons. The lowest BCUT2D eigenvalue weighted by Gasteiger charge is -2.11. The molecule has 1 atom stereocenters. The van der Waals surface area contributed by atoms with Crippen LogP contribution >= 0.6 is 11.3 Å². The number of hydrogen-bond donors (Lipinski definition) is 1. The predicted octanol–water partition coefficient (Wildman–Crippen LogP) is 4.35. The molecule has 0 bridgehead atoms. The summed E-state index contributed by atoms with van der Waals surface area (Å²) in [6, 6.07) is 12.8. The summed E-state index contributed by atoms with van der Waals surface area (Å²) < 4.78 is 5.53. The molecule has 3 rings (SSSR count). The Morgan fingerprint density at radius 1 is 1.22 bits per heavy atom. The highest BCUT2D eigenvalue weighted by Crippen LogP contribution is 2.22. The smallest absolute Gasteiger partial charge is 0.134 e. The highest BCUT2D eigenvalue weighted by molar-refractivity contribution is 7.10. The van der Waals surface area contributed by atoms with Crippen LogP contribution in [0.5, 0.6) is 0 Å². The fourth-order valence-corrected chi connectivity index (χ4v) is 2.83. The van der Waals surface area contributed by atoms with Crippen molar-refractivity contribution in [1.82, 2.24) is 5.32 Å². The van der Waals surface area contributed by atoms with Crippen molar-refractivity contribution in [1.29, 1.82) is 0 Å². The Labute approximate surface area is 110 Å². The van der Waals surface area contributed by atoms with Crippen LogP contribution in [0.2, 0.25) is 0 Å². The molecule has 0 aliphatic heterocycles. The van der Waals surface area contributed by atoms with Gasteiger partial charge in [0.25, 0.3) is 0 Å². The summed E-state index contributed by atoms with van der Waals surface area (Å²) in [6.07, 6.45) is 1.85. The summed E-state index contributed by atoms with van der Waals surface area (Å²) in [5.74, 6) is 0. The van der Waals surface area contributed by atoms with Crippen LogP contribution in [0.1, 0.15) is 23.4 Å². The number of thiophene rings is 1. The monoisotopic (exact) mass is 257 g/mol. The molecule has 0 aliphatic rings. The minimum Gasteiger partial charge on any atom is -0.464 e. The molecule has 18 heavy (non-hydrogen) atoms. The molecule has 0 fully saturated rings. The van der Waals surface area contributed by atoms with Gasteiger partial charge in [-0.3, -0.25) is 0 Å². The molecular weight excluding hydrogens is 242 g/mol. The highest BCUT2D eigenvalue weighted by atomic mass is 32.1. The lowest BCUT2D eigenvalue weighted by molar-refractivity contribution is 0.568. The predicted molar refractivity (Wildman–Crippen MR) is 75.8 cm³/mol. The standard InChI is InChI=1S/C15H15NOS/c1-11(15-7-4-8-18-15)16-9-12-10-17-14-6-3-2-5-13(12)14/h2-8,10-11,16H,9H2,1H3/t11-/m1/s1. The zero-order valence-electron chi connectivity index (χ0n) is 10.2. The first kappa shape index (κ1) is 11.5. The molecule has 3 aromatic rings. The lowest BCUT2D eigenvalue weighted by atomic mass is 10.1. The van der Waals surface area contributed by atoms with Crippen molar-refractivity contribution < 1.29 is 4.42 Å². The van der Waals surface area contributed by atoms with Crippen molar-refractivity contribution in [2.45, 2.75) is 19.5 Å². The van der Waals surface area contributed by atoms with Crippen LogP contribution in [0.25, 0.3) is 11.0 Å². The molecule has 0 amide bonds. The molecule has 0 spiro atoms. The summed E-state index contributed by atoms with van der Waals surface area (Å²) in [5, 5.41) is 6.84. The topological polar surface area (TPSA) is 25.2 Å². The number of fused-ring (bicyclic) bond motifs is 1. The quantitative estimate of drug-likeness (QED) is 0.752. The molecule has 2 aromatic heterocycles. The maximum absolute atomic E-state index is 5.53. The molecule has 0 aliphatic carbocycles. The minimum atomic E-state index is 0.374. The third kappa shape index (κ3) is 2.19. The van der Waals surface area contributed by atoms with Gasteiger partial charge in [0.05, 0.1) is 6.26 Å². The second-order valence-corrected chi connectivity index (χ2v) is 5.35. The van der Waals surface area contributed by atoms with E-state index < -0.39 is 0 Å². The maximum atomic E-state index is 5.53. The number of hydrogen-bond acceptors (Lipinski definition) is 3. The van der Waals surface area contributed by atoms with Gasteiger partial charge in [-0.2, -0.15) is 0 Å². The van der Waals surface area contributed by atoms with E-state index in [2.05, 4.69) is 35.8 Å². The first-order valence-electron chi connectivity index (χ1n) is 6.06. The molecular formula is C15H15NOS. The highest BCUT2D eigenvalue weighted by Gasteiger charge is 2.08. The van der Waals surface area contributed by atoms with Crippen molar-refractivity contribution >= 4 is 22.3 Å². The first-order valence-corrected chi connectivity index (χ1v) is 6.94. The molecule has 1 aromatic carbocycles. The average Bonchev–Trinajstić information content (AvgIpc) is 3.06. The zero-order chi connectivity index (χ0) is 12.4. The lowest BCUT2D eigenvalue weighted by Crippen LogP contribution is -2.16. The fourth-order valence-electron chi connectivity index (χ4n) is 2.07. The molecule has 0 saturated heterocycles. The molecule has 3 heteroatoms. The zero-order valence-corrected chi connectivity index (χ0v) is 11.0. The summed E-state index contributed by atoms with van der Waals surface area (Å²) in [7, 11) is 0. The van der Waals surface area contributed by atoms with Gasteiger partial charge in [0, 0.05) is 28.4 Å². The molecule has 2 heterocycles. The van der Waals surface area contributed by atoms with E-state index in [1.54, 1.807) is 11.3 Å². The van der Waals surface area contributed by atoms with E-state index in [4.69, 9.17) is 4.42 Å². The van der Waals surface area contributed by atoms with Gasteiger partial charge in [0.1, 0.15) is 5.58 Å². The van der Waals surface area contributed by atoms with Gasteiger partial charge >= 0.3 is 0 Å². The summed E-state index contributed by atoms with van der Waals surface area (Å²) in [4.78, 5) is 1.36. The normalized spacial score (nSPS) is 12.9. The second kappa shape index (κ2) is 4.96. The Hall–Kier alpha value is -1.58. The summed E-state index contributed by atoms with van der Waals surface area (Å²) in [5.41, 5.74) is 2.17. The SMILES string of the molecule is C[C@@H](NCc1coc2ccccc12)c1cccs1. The number of nitrogens with one attached hydrogen (secondary N) is 1. The van der Waals surface area contributed by atoms with Gasteiger partial charge in [-0.25, -0.2) is 0 Å². The molecule has 0 saturated carbocycles. The Morgan fingerprint density at radius 3 is 2.94 bits per heavy atom. The van der Waals surface area contributed by atoms with E-state index in [0.29, 0.717) is 6.04 Å². The van der Waals surface area contributed by atoms with Crippen molar-refractivity contribution in [2.24, 2.45) is 0 Å². The number of rotatable bonds is 4. The average molecular weight is 257 g/mol. The van der Waals surface area contributed by atoms with Crippen LogP contribution in [0.3, 0.4) is 0 Å². The van der Waals surface area contributed by atoms with Crippen LogP contribution in [-0.2, 0) is 6.54 Å². The van der Waals surface area contributed by atoms with Gasteiger partial charge in [0.2, 0.25) is 0 Å². The molecule has 0 unspecified atom stereocenters. The van der Waals surface area contributed by atoms with Crippen LogP contribution < -0.4 is 5.32 Å². The number of para-hydroxylation sites is 1. The Balaban J connectivity index is 1.73. The van der Waals surface area contributed by atoms with Crippen molar-refractivity contribution in [3.63, 3.8) is 0 Å². The summed E-state index contributed by atoms with van der Waals surface area (Å²) >= 11 is 1.79. The van der Waals surface area contributed by atoms with Crippen molar-refractivity contribution in [2.75, 3.05) is 0 Å². The van der Waals surface area contributed by atoms with Gasteiger partial charge in [-0.15, -0.1) is 11.3 Å². The minimum absolute atomic E-state index is 0.374. The van der Waals surface area contributed by atoms with Crippen molar-refractivity contribution in [3.8, 4) is 0 Å². The molecule has 92 valence electrons. The Morgan fingerprint density at radius 2 is 2.11 bits per heavy atom. The van der Waals surface area contributed by atoms with E-state index >= 15 is 0 Å². The van der Waals surface area contributed by atoms with Crippen LogP contribution in [0, 0.1) is 0 Å². The van der Waals surface area contributed by atoms with E-state index in [0.717, 1.165) is 12.1 Å². The van der Waals surface area contributed by atoms with Crippen LogP contribution in [0.4, 0.5) is 0 Å². The second-order valence-electron chi connectivity index (χ2n) is 4.38. The summed E-state index contributed by atoms with van der Waals surface area (Å²) in [6.45, 7) is 3.02. The largest absolute Gasteiger partial charge is 0.464 e. The van der Waals surface area contributed by atoms with Crippen LogP contribution in [-0.4, -0.2) is 0 Å². The first-order chi connectivity index (χ1) is 8.84. The maximum Gasteiger partial charge on any atom is 0.134 e. The van der Waals surface area contributed by atoms with E-state index in [9.17, 15) is 0 Å². The number of furan rings is 1. The van der Waals surface area contributed by atoms with Crippen LogP contribution in [0.15, 0.2) is 52.5 Å². The molecule has 2 nitrogen and oxygen atoms in total. The van der Waals surface area contributed by atoms with Gasteiger partial charge in [-0.05, 0) is 24.4 Å². The Bertz CT molecular complexity index is 627. The van der Waals surface area contributed by atoms with Gasteiger partial charge in [-0.1, -0.05) is 24.3 Å². The van der Waals surface area contributed by atoms with E-state index in [1.807, 2.05) is 24.5 Å².